The maximum absolute atomic E-state index is 13.8. The Labute approximate surface area is 244 Å². The largest absolute Gasteiger partial charge is 0.507 e. The Balaban J connectivity index is 1.36. The van der Waals surface area contributed by atoms with Gasteiger partial charge in [-0.25, -0.2) is 13.8 Å². The van der Waals surface area contributed by atoms with Gasteiger partial charge in [-0.2, -0.15) is 0 Å². The van der Waals surface area contributed by atoms with Crippen LogP contribution in [0.15, 0.2) is 54.6 Å². The third-order valence-corrected chi connectivity index (χ3v) is 7.77. The average molecular weight is 572 g/mol. The van der Waals surface area contributed by atoms with Gasteiger partial charge in [0.15, 0.2) is 23.2 Å². The highest BCUT2D eigenvalue weighted by Gasteiger charge is 2.41. The van der Waals surface area contributed by atoms with E-state index in [1.807, 2.05) is 12.1 Å². The molecule has 0 saturated carbocycles. The van der Waals surface area contributed by atoms with Crippen LogP contribution < -0.4 is 4.74 Å². The van der Waals surface area contributed by atoms with E-state index in [4.69, 9.17) is 4.74 Å². The van der Waals surface area contributed by atoms with E-state index in [9.17, 15) is 23.5 Å². The Morgan fingerprint density at radius 3 is 1.95 bits per heavy atom. The van der Waals surface area contributed by atoms with Crippen LogP contribution in [0.2, 0.25) is 0 Å². The molecular formula is C35H35F2NO4. The first-order valence-corrected chi connectivity index (χ1v) is 14.1. The zero-order valence-corrected chi connectivity index (χ0v) is 24.8. The number of carbonyl (C=O) groups excluding carboxylic acids is 2. The summed E-state index contributed by atoms with van der Waals surface area (Å²) in [5, 5.41) is 11.8. The maximum Gasteiger partial charge on any atom is 0.180 e. The number of para-hydroxylation sites is 1. The molecule has 1 heterocycles. The molecule has 4 aromatic rings. The van der Waals surface area contributed by atoms with Gasteiger partial charge in [0, 0.05) is 16.5 Å². The number of carbonyl (C=O) groups is 2. The molecule has 5 rings (SSSR count). The third kappa shape index (κ3) is 5.40. The molecule has 0 aliphatic heterocycles. The van der Waals surface area contributed by atoms with Gasteiger partial charge in [-0.15, -0.1) is 0 Å². The molecule has 0 fully saturated rings. The summed E-state index contributed by atoms with van der Waals surface area (Å²) in [7, 11) is 0. The molecule has 0 radical (unpaired) electrons. The minimum absolute atomic E-state index is 0.131. The zero-order chi connectivity index (χ0) is 30.6. The van der Waals surface area contributed by atoms with E-state index in [-0.39, 0.29) is 27.7 Å². The van der Waals surface area contributed by atoms with Crippen molar-refractivity contribution >= 4 is 22.5 Å². The first kappa shape index (κ1) is 29.4. The number of phenolic OH excluding ortho intramolecular Hbond substituents is 1. The van der Waals surface area contributed by atoms with Crippen LogP contribution >= 0.6 is 0 Å². The minimum atomic E-state index is -1.26. The number of halogens is 2. The van der Waals surface area contributed by atoms with Gasteiger partial charge in [-0.1, -0.05) is 71.9 Å². The summed E-state index contributed by atoms with van der Waals surface area (Å²) >= 11 is 0. The lowest BCUT2D eigenvalue weighted by Gasteiger charge is -2.28. The number of nitrogens with zero attached hydrogens (tertiary/aromatic N) is 1. The number of rotatable bonds is 6. The van der Waals surface area contributed by atoms with E-state index >= 15 is 0 Å². The highest BCUT2D eigenvalue weighted by molar-refractivity contribution is 6.29. The second-order valence-corrected chi connectivity index (χ2v) is 13.0. The summed E-state index contributed by atoms with van der Waals surface area (Å²) in [6.07, 6.45) is 1.45. The number of benzene rings is 3. The molecule has 42 heavy (non-hydrogen) atoms. The highest BCUT2D eigenvalue weighted by atomic mass is 19.2. The monoisotopic (exact) mass is 571 g/mol. The van der Waals surface area contributed by atoms with Crippen molar-refractivity contribution in [3.63, 3.8) is 0 Å². The Morgan fingerprint density at radius 1 is 0.833 bits per heavy atom. The molecule has 218 valence electrons. The summed E-state index contributed by atoms with van der Waals surface area (Å²) in [4.78, 5) is 30.7. The maximum atomic E-state index is 13.8. The van der Waals surface area contributed by atoms with Crippen LogP contribution in [0.4, 0.5) is 8.78 Å². The fourth-order valence-corrected chi connectivity index (χ4v) is 5.51. The number of hydrogen-bond donors (Lipinski definition) is 1. The molecule has 1 N–H and O–H groups in total. The van der Waals surface area contributed by atoms with Crippen LogP contribution in [0.1, 0.15) is 97.0 Å². The van der Waals surface area contributed by atoms with Crippen molar-refractivity contribution in [3.05, 3.63) is 99.7 Å². The summed E-state index contributed by atoms with van der Waals surface area (Å²) in [6.45, 7) is 12.9. The molecule has 0 amide bonds. The number of phenols is 1. The fraction of sp³-hybridized carbons (Fsp3) is 0.343. The fourth-order valence-electron chi connectivity index (χ4n) is 5.51. The third-order valence-electron chi connectivity index (χ3n) is 7.77. The highest BCUT2D eigenvalue weighted by Crippen LogP contribution is 2.40. The quantitative estimate of drug-likeness (QED) is 0.188. The van der Waals surface area contributed by atoms with Crippen molar-refractivity contribution in [2.75, 3.05) is 6.61 Å². The molecule has 0 atom stereocenters. The Bertz CT molecular complexity index is 1650. The van der Waals surface area contributed by atoms with Crippen molar-refractivity contribution in [1.29, 1.82) is 0 Å². The summed E-state index contributed by atoms with van der Waals surface area (Å²) in [6, 6.07) is 14.5. The lowest BCUT2D eigenvalue weighted by Crippen LogP contribution is -2.18. The van der Waals surface area contributed by atoms with Gasteiger partial charge in [0.25, 0.3) is 0 Å². The SMILES string of the molecule is CC(C)(C)c1cc(CCCOc2cccc3ccc(C4C(=O)c5cc(F)c(F)cc5C4=O)nc23)cc(C(C)(C)C)c1O. The van der Waals surface area contributed by atoms with Gasteiger partial charge in [0.05, 0.1) is 12.3 Å². The van der Waals surface area contributed by atoms with Gasteiger partial charge < -0.3 is 9.84 Å². The first-order valence-electron chi connectivity index (χ1n) is 14.1. The van der Waals surface area contributed by atoms with Crippen LogP contribution in [-0.2, 0) is 17.3 Å². The molecule has 0 unspecified atom stereocenters. The number of aromatic hydroxyl groups is 1. The first-order chi connectivity index (χ1) is 19.7. The van der Waals surface area contributed by atoms with Gasteiger partial charge in [0.2, 0.25) is 0 Å². The predicted octanol–water partition coefficient (Wildman–Crippen LogP) is 7.99. The normalized spacial score (nSPS) is 14.1. The van der Waals surface area contributed by atoms with Crippen molar-refractivity contribution < 1.29 is 28.2 Å². The summed E-state index contributed by atoms with van der Waals surface area (Å²) < 4.78 is 33.7. The molecule has 5 nitrogen and oxygen atoms in total. The van der Waals surface area contributed by atoms with Gasteiger partial charge in [0.1, 0.15) is 22.9 Å². The number of fused-ring (bicyclic) bond motifs is 2. The molecular weight excluding hydrogens is 536 g/mol. The van der Waals surface area contributed by atoms with E-state index in [0.29, 0.717) is 30.0 Å². The van der Waals surface area contributed by atoms with Crippen molar-refractivity contribution in [3.8, 4) is 11.5 Å². The Hall–Kier alpha value is -4.13. The molecule has 1 aliphatic rings. The minimum Gasteiger partial charge on any atom is -0.507 e. The van der Waals surface area contributed by atoms with E-state index < -0.39 is 29.1 Å². The average Bonchev–Trinajstić information content (AvgIpc) is 3.14. The summed E-state index contributed by atoms with van der Waals surface area (Å²) in [5.74, 6) is -3.94. The van der Waals surface area contributed by atoms with Crippen LogP contribution in [0, 0.1) is 11.6 Å². The van der Waals surface area contributed by atoms with Gasteiger partial charge in [-0.3, -0.25) is 9.59 Å². The topological polar surface area (TPSA) is 76.5 Å². The van der Waals surface area contributed by atoms with Crippen LogP contribution in [-0.4, -0.2) is 28.3 Å². The molecule has 0 spiro atoms. The number of Topliss-reactive ketones (excluding diaryl/α,β-unsaturated/α-hetero) is 2. The standard InChI is InChI=1S/C35H35F2NO4/c1-34(2,3)23-15-19(16-24(33(23)41)35(4,5)6)9-8-14-42-28-11-7-10-20-12-13-27(38-30(20)28)29-31(39)21-17-25(36)26(37)18-22(21)32(29)40/h7,10-13,15-18,29,41H,8-9,14H2,1-6H3. The number of hydrogen-bond acceptors (Lipinski definition) is 5. The second-order valence-electron chi connectivity index (χ2n) is 13.0. The Morgan fingerprint density at radius 2 is 1.40 bits per heavy atom. The van der Waals surface area contributed by atoms with E-state index in [1.165, 1.54) is 0 Å². The van der Waals surface area contributed by atoms with Crippen LogP contribution in [0.3, 0.4) is 0 Å². The van der Waals surface area contributed by atoms with Gasteiger partial charge in [-0.05, 0) is 64.6 Å². The molecule has 0 saturated heterocycles. The number of ether oxygens (including phenoxy) is 1. The Kier molecular flexibility index (Phi) is 7.42. The van der Waals surface area contributed by atoms with E-state index in [2.05, 4.69) is 58.7 Å². The van der Waals surface area contributed by atoms with E-state index in [0.717, 1.165) is 40.6 Å². The van der Waals surface area contributed by atoms with E-state index in [1.54, 1.807) is 18.2 Å². The number of ketones is 2. The van der Waals surface area contributed by atoms with Crippen molar-refractivity contribution in [2.45, 2.75) is 71.1 Å². The molecule has 3 aromatic carbocycles. The van der Waals surface area contributed by atoms with Crippen molar-refractivity contribution in [2.24, 2.45) is 0 Å². The lowest BCUT2D eigenvalue weighted by atomic mass is 9.78. The van der Waals surface area contributed by atoms with Crippen molar-refractivity contribution in [1.82, 2.24) is 4.98 Å². The summed E-state index contributed by atoms with van der Waals surface area (Å²) in [5.41, 5.74) is 2.97. The van der Waals surface area contributed by atoms with Crippen LogP contribution in [0.5, 0.6) is 11.5 Å². The van der Waals surface area contributed by atoms with Crippen LogP contribution in [0.25, 0.3) is 10.9 Å². The van der Waals surface area contributed by atoms with Gasteiger partial charge >= 0.3 is 0 Å². The molecule has 1 aromatic heterocycles. The smallest absolute Gasteiger partial charge is 0.180 e. The second kappa shape index (κ2) is 10.6. The molecule has 0 bridgehead atoms. The number of aryl methyl sites for hydroxylation is 1. The molecule has 1 aliphatic carbocycles. The molecule has 7 heteroatoms. The number of pyridine rings is 1. The lowest BCUT2D eigenvalue weighted by molar-refractivity contribution is 0.0888. The zero-order valence-electron chi connectivity index (χ0n) is 24.8. The predicted molar refractivity (Wildman–Crippen MR) is 159 cm³/mol. The number of aromatic nitrogens is 1.